The molecule has 0 atom stereocenters. The predicted molar refractivity (Wildman–Crippen MR) is 16.1 cm³/mol. The van der Waals surface area contributed by atoms with Gasteiger partial charge in [0.25, 0.3) is 0 Å². The van der Waals surface area contributed by atoms with E-state index < -0.39 is 11.6 Å². The van der Waals surface area contributed by atoms with Crippen LogP contribution in [0.25, 0.3) is 0 Å². The molecule has 0 saturated heterocycles. The molecule has 0 aromatic rings. The van der Waals surface area contributed by atoms with Crippen molar-refractivity contribution in [3.63, 3.8) is 0 Å². The number of hydrogen-bond acceptors (Lipinski definition) is 2. The maximum absolute atomic E-state index is 8.29. The molecular formula is HLiO2S. The van der Waals surface area contributed by atoms with E-state index in [1.54, 1.807) is 0 Å². The van der Waals surface area contributed by atoms with Gasteiger partial charge >= 0.3 is 30.4 Å². The summed E-state index contributed by atoms with van der Waals surface area (Å²) < 4.78 is 16.6. The molecule has 0 aromatic carbocycles. The van der Waals surface area contributed by atoms with E-state index in [-0.39, 0.29) is 18.9 Å². The van der Waals surface area contributed by atoms with Gasteiger partial charge in [0.15, 0.2) is 0 Å². The third-order valence-electron chi connectivity index (χ3n) is 0. The van der Waals surface area contributed by atoms with E-state index in [4.69, 9.17) is 8.42 Å². The summed E-state index contributed by atoms with van der Waals surface area (Å²) in [6.07, 6.45) is 0. The summed E-state index contributed by atoms with van der Waals surface area (Å²) in [5.74, 6) is 0. The molecule has 0 rings (SSSR count). The predicted octanol–water partition coefficient (Wildman–Crippen LogP) is -1.32. The first-order valence-electron chi connectivity index (χ1n) is 0.333. The van der Waals surface area contributed by atoms with E-state index in [1.807, 2.05) is 0 Å². The van der Waals surface area contributed by atoms with Crippen LogP contribution in [0.3, 0.4) is 0 Å². The van der Waals surface area contributed by atoms with Gasteiger partial charge < -0.3 is 0 Å². The molecule has 0 aliphatic heterocycles. The van der Waals surface area contributed by atoms with E-state index in [9.17, 15) is 0 Å². The summed E-state index contributed by atoms with van der Waals surface area (Å²) >= 11 is -0.750. The average molecular weight is 72.0 g/mol. The summed E-state index contributed by atoms with van der Waals surface area (Å²) in [5.41, 5.74) is 0. The Balaban J connectivity index is 0. The zero-order chi connectivity index (χ0) is 2.71. The summed E-state index contributed by atoms with van der Waals surface area (Å²) in [5, 5.41) is 0. The average Bonchev–Trinajstić information content (AvgIpc) is 0.918. The van der Waals surface area contributed by atoms with Gasteiger partial charge in [-0.1, -0.05) is 0 Å². The van der Waals surface area contributed by atoms with Crippen molar-refractivity contribution in [3.05, 3.63) is 0 Å². The van der Waals surface area contributed by atoms with Crippen LogP contribution in [0.15, 0.2) is 0 Å². The Labute approximate surface area is 39.4 Å². The normalized spacial score (nSPS) is 3.00. The maximum atomic E-state index is 8.29. The molecule has 0 aliphatic rings. The monoisotopic (exact) mass is 72.0 g/mol. The van der Waals surface area contributed by atoms with Crippen molar-refractivity contribution in [2.45, 2.75) is 0 Å². The van der Waals surface area contributed by atoms with Gasteiger partial charge in [0.2, 0.25) is 0 Å². The minimum atomic E-state index is -0.750. The van der Waals surface area contributed by atoms with E-state index >= 15 is 0 Å². The van der Waals surface area contributed by atoms with Crippen molar-refractivity contribution in [2.24, 2.45) is 0 Å². The van der Waals surface area contributed by atoms with Gasteiger partial charge in [-0.15, -0.1) is 0 Å². The molecule has 4 heteroatoms. The van der Waals surface area contributed by atoms with Crippen molar-refractivity contribution in [1.82, 2.24) is 0 Å². The number of hydrogen-bond donors (Lipinski definition) is 0. The summed E-state index contributed by atoms with van der Waals surface area (Å²) in [6, 6.07) is 0. The van der Waals surface area contributed by atoms with E-state index in [2.05, 4.69) is 0 Å². The molecule has 0 unspecified atom stereocenters. The summed E-state index contributed by atoms with van der Waals surface area (Å²) in [6.45, 7) is 0. The van der Waals surface area contributed by atoms with Crippen LogP contribution >= 0.6 is 0 Å². The molecule has 0 aliphatic carbocycles. The van der Waals surface area contributed by atoms with Crippen LogP contribution in [0.2, 0.25) is 0 Å². The van der Waals surface area contributed by atoms with Gasteiger partial charge in [0.1, 0.15) is 0 Å². The quantitative estimate of drug-likeness (QED) is 0.333. The first-order valence-corrected chi connectivity index (χ1v) is 1.00. The van der Waals surface area contributed by atoms with Gasteiger partial charge in [0.05, 0.1) is 0 Å². The molecule has 0 saturated carbocycles. The fourth-order valence-corrected chi connectivity index (χ4v) is 0. The Hall–Kier alpha value is 0.417. The SMILES string of the molecule is O=S=O.[LiH]. The third kappa shape index (κ3) is 27.9. The first kappa shape index (κ1) is 8.83. The Morgan fingerprint density at radius 3 is 1.25 bits per heavy atom. The Morgan fingerprint density at radius 1 is 1.25 bits per heavy atom. The second kappa shape index (κ2) is 9.94. The summed E-state index contributed by atoms with van der Waals surface area (Å²) in [7, 11) is 0. The van der Waals surface area contributed by atoms with Gasteiger partial charge in [0, 0.05) is 0 Å². The zero-order valence-corrected chi connectivity index (χ0v) is 2.04. The van der Waals surface area contributed by atoms with E-state index in [0.29, 0.717) is 0 Å². The van der Waals surface area contributed by atoms with Gasteiger partial charge in [-0.3, -0.25) is 0 Å². The summed E-state index contributed by atoms with van der Waals surface area (Å²) in [4.78, 5) is 0. The number of rotatable bonds is 0. The molecular weight excluding hydrogens is 71.0 g/mol. The van der Waals surface area contributed by atoms with Crippen molar-refractivity contribution in [2.75, 3.05) is 0 Å². The van der Waals surface area contributed by atoms with Gasteiger partial charge in [-0.2, -0.15) is 8.42 Å². The molecule has 0 heterocycles. The zero-order valence-electron chi connectivity index (χ0n) is 1.22. The molecule has 0 amide bonds. The van der Waals surface area contributed by atoms with Gasteiger partial charge in [-0.05, 0) is 0 Å². The second-order valence-electron chi connectivity index (χ2n) is 0.0680. The standard InChI is InChI=1S/Li.O2S.H/c;1-3-2;. The fourth-order valence-electron chi connectivity index (χ4n) is 0. The van der Waals surface area contributed by atoms with Crippen LogP contribution in [0.4, 0.5) is 0 Å². The molecule has 20 valence electrons. The Kier molecular flexibility index (Phi) is 21.9. The van der Waals surface area contributed by atoms with Gasteiger partial charge in [-0.25, -0.2) is 0 Å². The molecule has 0 N–H and O–H groups in total. The molecule has 0 radical (unpaired) electrons. The van der Waals surface area contributed by atoms with Crippen LogP contribution in [-0.2, 0) is 11.6 Å². The van der Waals surface area contributed by atoms with Crippen LogP contribution in [0.5, 0.6) is 0 Å². The molecule has 0 spiro atoms. The van der Waals surface area contributed by atoms with Crippen molar-refractivity contribution < 1.29 is 8.42 Å². The molecule has 4 heavy (non-hydrogen) atoms. The van der Waals surface area contributed by atoms with Crippen molar-refractivity contribution in [3.8, 4) is 0 Å². The van der Waals surface area contributed by atoms with Crippen LogP contribution in [0.1, 0.15) is 0 Å². The minimum absolute atomic E-state index is 0. The van der Waals surface area contributed by atoms with E-state index in [1.165, 1.54) is 0 Å². The fraction of sp³-hybridized carbons (Fsp3) is 0. The molecule has 0 aromatic heterocycles. The Morgan fingerprint density at radius 2 is 1.25 bits per heavy atom. The topological polar surface area (TPSA) is 34.1 Å². The van der Waals surface area contributed by atoms with Crippen molar-refractivity contribution >= 4 is 30.4 Å². The second-order valence-corrected chi connectivity index (χ2v) is 0.204. The molecule has 0 bridgehead atoms. The van der Waals surface area contributed by atoms with Crippen molar-refractivity contribution in [1.29, 1.82) is 0 Å². The van der Waals surface area contributed by atoms with E-state index in [0.717, 1.165) is 0 Å². The van der Waals surface area contributed by atoms with Crippen LogP contribution < -0.4 is 0 Å². The molecule has 2 nitrogen and oxygen atoms in total. The van der Waals surface area contributed by atoms with Crippen LogP contribution in [-0.4, -0.2) is 27.3 Å². The molecule has 0 fully saturated rings. The first-order chi connectivity index (χ1) is 1.41. The van der Waals surface area contributed by atoms with Crippen LogP contribution in [0, 0.1) is 0 Å². The Bertz CT molecular complexity index is 27.0. The third-order valence-corrected chi connectivity index (χ3v) is 0.